The van der Waals surface area contributed by atoms with Gasteiger partial charge in [-0.05, 0) is 17.7 Å². The zero-order chi connectivity index (χ0) is 21.1. The first kappa shape index (κ1) is 18.9. The molecule has 0 saturated heterocycles. The molecular formula is C21H15N5O4. The van der Waals surface area contributed by atoms with Gasteiger partial charge < -0.3 is 4.90 Å². The lowest BCUT2D eigenvalue weighted by atomic mass is 10.1. The molecule has 0 unspecified atom stereocenters. The standard InChI is InChI=1S/C21H15N5O4/c27-20(17-11-10-15(12-22-17)26(29)30)24-23-19-16-8-4-5-9-18(16)25(21(19)28)13-14-6-2-1-3-7-14/h1-12H,13H2,(H,24,27). The largest absolute Gasteiger partial charge is 0.302 e. The lowest BCUT2D eigenvalue weighted by molar-refractivity contribution is -0.385. The second-order valence-electron chi connectivity index (χ2n) is 6.45. The van der Waals surface area contributed by atoms with Gasteiger partial charge in [-0.1, -0.05) is 48.5 Å². The number of para-hydroxylation sites is 1. The summed E-state index contributed by atoms with van der Waals surface area (Å²) in [7, 11) is 0. The van der Waals surface area contributed by atoms with E-state index in [4.69, 9.17) is 0 Å². The van der Waals surface area contributed by atoms with Crippen LogP contribution < -0.4 is 10.3 Å². The molecule has 3 aromatic rings. The highest BCUT2D eigenvalue weighted by molar-refractivity contribution is 6.54. The number of benzene rings is 2. The summed E-state index contributed by atoms with van der Waals surface area (Å²) in [6, 6.07) is 19.1. The summed E-state index contributed by atoms with van der Waals surface area (Å²) in [5.74, 6) is -1.01. The van der Waals surface area contributed by atoms with Crippen LogP contribution in [0.2, 0.25) is 0 Å². The first-order valence-electron chi connectivity index (χ1n) is 8.98. The number of rotatable bonds is 5. The number of anilines is 1. The summed E-state index contributed by atoms with van der Waals surface area (Å²) in [6.45, 7) is 0.369. The van der Waals surface area contributed by atoms with Gasteiger partial charge in [-0.25, -0.2) is 10.4 Å². The maximum Gasteiger partial charge on any atom is 0.289 e. The van der Waals surface area contributed by atoms with Gasteiger partial charge in [-0.3, -0.25) is 19.7 Å². The van der Waals surface area contributed by atoms with Crippen LogP contribution >= 0.6 is 0 Å². The van der Waals surface area contributed by atoms with E-state index in [1.807, 2.05) is 42.5 Å². The third kappa shape index (κ3) is 3.63. The van der Waals surface area contributed by atoms with Crippen LogP contribution in [0.4, 0.5) is 11.4 Å². The number of hydrogen-bond donors (Lipinski definition) is 1. The Labute approximate surface area is 170 Å². The molecular weight excluding hydrogens is 386 g/mol. The van der Waals surface area contributed by atoms with Crippen molar-refractivity contribution in [3.63, 3.8) is 0 Å². The Hall–Kier alpha value is -4.40. The normalized spacial score (nSPS) is 13.9. The number of pyridine rings is 1. The molecule has 2 amide bonds. The SMILES string of the molecule is O=C(NN=C1C(=O)N(Cc2ccccc2)c2ccccc21)c1ccc([N+](=O)[O-])cn1. The molecule has 0 saturated carbocycles. The van der Waals surface area contributed by atoms with E-state index in [0.717, 1.165) is 11.8 Å². The van der Waals surface area contributed by atoms with Gasteiger partial charge in [0.2, 0.25) is 0 Å². The number of hydrazone groups is 1. The van der Waals surface area contributed by atoms with Gasteiger partial charge in [0.15, 0.2) is 5.71 Å². The van der Waals surface area contributed by atoms with Crippen LogP contribution in [0.1, 0.15) is 21.6 Å². The fourth-order valence-electron chi connectivity index (χ4n) is 3.09. The van der Waals surface area contributed by atoms with Crippen molar-refractivity contribution in [3.8, 4) is 0 Å². The fraction of sp³-hybridized carbons (Fsp3) is 0.0476. The topological polar surface area (TPSA) is 118 Å². The molecule has 0 spiro atoms. The molecule has 4 rings (SSSR count). The zero-order valence-electron chi connectivity index (χ0n) is 15.6. The molecule has 9 heteroatoms. The number of nitrogens with zero attached hydrogens (tertiary/aromatic N) is 4. The number of carbonyl (C=O) groups excluding carboxylic acids is 2. The number of amides is 2. The van der Waals surface area contributed by atoms with Crippen molar-refractivity contribution in [1.82, 2.24) is 10.4 Å². The van der Waals surface area contributed by atoms with Crippen molar-refractivity contribution in [3.05, 3.63) is 99.9 Å². The van der Waals surface area contributed by atoms with E-state index in [1.54, 1.807) is 17.0 Å². The lowest BCUT2D eigenvalue weighted by Gasteiger charge is -2.16. The smallest absolute Gasteiger partial charge is 0.289 e. The van der Waals surface area contributed by atoms with Gasteiger partial charge in [0.25, 0.3) is 17.5 Å². The minimum absolute atomic E-state index is 0.0511. The third-order valence-corrected chi connectivity index (χ3v) is 4.54. The first-order valence-corrected chi connectivity index (χ1v) is 8.98. The van der Waals surface area contributed by atoms with Crippen molar-refractivity contribution in [2.24, 2.45) is 5.10 Å². The van der Waals surface area contributed by atoms with E-state index < -0.39 is 10.8 Å². The Balaban J connectivity index is 1.57. The minimum Gasteiger partial charge on any atom is -0.302 e. The van der Waals surface area contributed by atoms with Gasteiger partial charge in [0, 0.05) is 11.6 Å². The maximum absolute atomic E-state index is 13.0. The van der Waals surface area contributed by atoms with Gasteiger partial charge in [-0.2, -0.15) is 5.10 Å². The monoisotopic (exact) mass is 401 g/mol. The molecule has 0 aliphatic carbocycles. The predicted octanol–water partition coefficient (Wildman–Crippen LogP) is 2.67. The van der Waals surface area contributed by atoms with Crippen LogP contribution in [-0.2, 0) is 11.3 Å². The molecule has 0 atom stereocenters. The van der Waals surface area contributed by atoms with Gasteiger partial charge in [0.05, 0.1) is 17.2 Å². The number of hydrogen-bond acceptors (Lipinski definition) is 6. The molecule has 1 aliphatic rings. The van der Waals surface area contributed by atoms with Crippen LogP contribution in [0.5, 0.6) is 0 Å². The summed E-state index contributed by atoms with van der Waals surface area (Å²) in [6.07, 6.45) is 0.986. The molecule has 0 bridgehead atoms. The lowest BCUT2D eigenvalue weighted by Crippen LogP contribution is -2.31. The summed E-state index contributed by atoms with van der Waals surface area (Å²) in [5, 5.41) is 14.7. The van der Waals surface area contributed by atoms with Crippen molar-refractivity contribution >= 4 is 28.9 Å². The van der Waals surface area contributed by atoms with Gasteiger partial charge >= 0.3 is 0 Å². The van der Waals surface area contributed by atoms with Gasteiger partial charge in [-0.15, -0.1) is 0 Å². The van der Waals surface area contributed by atoms with Crippen molar-refractivity contribution in [1.29, 1.82) is 0 Å². The molecule has 9 nitrogen and oxygen atoms in total. The predicted molar refractivity (Wildman–Crippen MR) is 109 cm³/mol. The summed E-state index contributed by atoms with van der Waals surface area (Å²) >= 11 is 0. The highest BCUT2D eigenvalue weighted by atomic mass is 16.6. The fourth-order valence-corrected chi connectivity index (χ4v) is 3.09. The Morgan fingerprint density at radius 3 is 2.50 bits per heavy atom. The number of aromatic nitrogens is 1. The quantitative estimate of drug-likeness (QED) is 0.521. The maximum atomic E-state index is 13.0. The number of fused-ring (bicyclic) bond motifs is 1. The van der Waals surface area contributed by atoms with E-state index in [2.05, 4.69) is 15.5 Å². The van der Waals surface area contributed by atoms with Crippen LogP contribution in [0, 0.1) is 10.1 Å². The highest BCUT2D eigenvalue weighted by Crippen LogP contribution is 2.30. The van der Waals surface area contributed by atoms with Crippen LogP contribution in [0.25, 0.3) is 0 Å². The second kappa shape index (κ2) is 7.92. The molecule has 148 valence electrons. The van der Waals surface area contributed by atoms with E-state index >= 15 is 0 Å². The summed E-state index contributed by atoms with van der Waals surface area (Å²) in [4.78, 5) is 40.7. The molecule has 30 heavy (non-hydrogen) atoms. The molecule has 2 heterocycles. The van der Waals surface area contributed by atoms with Crippen LogP contribution in [0.3, 0.4) is 0 Å². The van der Waals surface area contributed by atoms with Crippen LogP contribution in [0.15, 0.2) is 78.0 Å². The summed E-state index contributed by atoms with van der Waals surface area (Å²) < 4.78 is 0. The molecule has 1 aromatic heterocycles. The van der Waals surface area contributed by atoms with E-state index in [1.165, 1.54) is 12.1 Å². The van der Waals surface area contributed by atoms with Crippen molar-refractivity contribution in [2.45, 2.75) is 6.54 Å². The Kier molecular flexibility index (Phi) is 5.00. The Bertz CT molecular complexity index is 1160. The molecule has 1 N–H and O–H groups in total. The number of nitrogens with one attached hydrogen (secondary N) is 1. The van der Waals surface area contributed by atoms with Gasteiger partial charge in [0.1, 0.15) is 11.9 Å². The zero-order valence-corrected chi connectivity index (χ0v) is 15.6. The average molecular weight is 401 g/mol. The van der Waals surface area contributed by atoms with Crippen molar-refractivity contribution < 1.29 is 14.5 Å². The van der Waals surface area contributed by atoms with E-state index in [-0.39, 0.29) is 23.0 Å². The molecule has 0 fully saturated rings. The molecule has 0 radical (unpaired) electrons. The van der Waals surface area contributed by atoms with Crippen molar-refractivity contribution in [2.75, 3.05) is 4.90 Å². The Morgan fingerprint density at radius 1 is 1.07 bits per heavy atom. The highest BCUT2D eigenvalue weighted by Gasteiger charge is 2.34. The number of nitro groups is 1. The van der Waals surface area contributed by atoms with Crippen LogP contribution in [-0.4, -0.2) is 27.4 Å². The molecule has 1 aliphatic heterocycles. The minimum atomic E-state index is -0.677. The second-order valence-corrected chi connectivity index (χ2v) is 6.45. The Morgan fingerprint density at radius 2 is 1.80 bits per heavy atom. The third-order valence-electron chi connectivity index (χ3n) is 4.54. The number of carbonyl (C=O) groups is 2. The summed E-state index contributed by atoms with van der Waals surface area (Å²) in [5.41, 5.74) is 4.41. The molecule has 2 aromatic carbocycles. The first-order chi connectivity index (χ1) is 14.5. The average Bonchev–Trinajstić information content (AvgIpc) is 3.04. The van der Waals surface area contributed by atoms with E-state index in [0.29, 0.717) is 17.8 Å². The van der Waals surface area contributed by atoms with E-state index in [9.17, 15) is 19.7 Å².